The second-order valence-corrected chi connectivity index (χ2v) is 9.58. The van der Waals surface area contributed by atoms with Crippen molar-refractivity contribution in [3.63, 3.8) is 0 Å². The highest BCUT2D eigenvalue weighted by molar-refractivity contribution is 5.69. The van der Waals surface area contributed by atoms with Crippen LogP contribution in [-0.2, 0) is 4.79 Å². The summed E-state index contributed by atoms with van der Waals surface area (Å²) in [6.07, 6.45) is 9.65. The first-order valence-electron chi connectivity index (χ1n) is 9.75. The predicted octanol–water partition coefficient (Wildman–Crippen LogP) is 2.76. The van der Waals surface area contributed by atoms with Crippen LogP contribution in [0.5, 0.6) is 0 Å². The van der Waals surface area contributed by atoms with Gasteiger partial charge in [-0.15, -0.1) is 0 Å². The normalized spacial score (nSPS) is 55.6. The van der Waals surface area contributed by atoms with Gasteiger partial charge in [0.1, 0.15) is 0 Å². The number of carbonyl (C=O) groups excluding carboxylic acids is 1. The molecule has 0 unspecified atom stereocenters. The third-order valence-corrected chi connectivity index (χ3v) is 8.92. The van der Waals surface area contributed by atoms with E-state index in [0.29, 0.717) is 23.2 Å². The van der Waals surface area contributed by atoms with E-state index in [9.17, 15) is 15.0 Å². The van der Waals surface area contributed by atoms with E-state index < -0.39 is 5.97 Å². The molecule has 4 fully saturated rings. The lowest BCUT2D eigenvalue weighted by Gasteiger charge is -2.61. The third-order valence-electron chi connectivity index (χ3n) is 8.92. The molecule has 0 aromatic carbocycles. The zero-order valence-corrected chi connectivity index (χ0v) is 14.6. The average Bonchev–Trinajstić information content (AvgIpc) is 2.85. The Bertz CT molecular complexity index is 503. The largest absolute Gasteiger partial charge is 0.550 e. The van der Waals surface area contributed by atoms with Crippen molar-refractivity contribution < 1.29 is 15.0 Å². The van der Waals surface area contributed by atoms with E-state index in [2.05, 4.69) is 13.8 Å². The van der Waals surface area contributed by atoms with Gasteiger partial charge >= 0.3 is 0 Å². The molecule has 1 N–H and O–H groups in total. The van der Waals surface area contributed by atoms with Gasteiger partial charge in [-0.2, -0.15) is 0 Å². The van der Waals surface area contributed by atoms with E-state index in [-0.39, 0.29) is 17.4 Å². The van der Waals surface area contributed by atoms with Gasteiger partial charge in [-0.1, -0.05) is 13.8 Å². The molecular weight excluding hydrogens is 288 g/mol. The fourth-order valence-corrected chi connectivity index (χ4v) is 7.62. The Balaban J connectivity index is 1.61. The molecule has 0 bridgehead atoms. The maximum absolute atomic E-state index is 11.6. The van der Waals surface area contributed by atoms with Gasteiger partial charge in [0, 0.05) is 11.9 Å². The maximum atomic E-state index is 11.6. The molecule has 0 aliphatic heterocycles. The van der Waals surface area contributed by atoms with Crippen molar-refractivity contribution in [2.24, 2.45) is 40.4 Å². The lowest BCUT2D eigenvalue weighted by Crippen LogP contribution is -2.55. The van der Waals surface area contributed by atoms with Gasteiger partial charge in [0.25, 0.3) is 0 Å². The molecule has 3 heteroatoms. The van der Waals surface area contributed by atoms with Crippen LogP contribution >= 0.6 is 0 Å². The predicted molar refractivity (Wildman–Crippen MR) is 86.2 cm³/mol. The molecule has 0 aromatic heterocycles. The van der Waals surface area contributed by atoms with Crippen molar-refractivity contribution in [1.82, 2.24) is 0 Å². The van der Waals surface area contributed by atoms with Crippen molar-refractivity contribution in [2.45, 2.75) is 77.7 Å². The van der Waals surface area contributed by atoms with Gasteiger partial charge < -0.3 is 15.0 Å². The molecule has 0 radical (unpaired) electrons. The minimum atomic E-state index is -0.811. The quantitative estimate of drug-likeness (QED) is 0.808. The molecule has 4 aliphatic carbocycles. The topological polar surface area (TPSA) is 60.4 Å². The number of aliphatic carboxylic acids is 1. The Morgan fingerprint density at radius 2 is 1.65 bits per heavy atom. The smallest absolute Gasteiger partial charge is 0.0543 e. The van der Waals surface area contributed by atoms with Crippen LogP contribution in [0.4, 0.5) is 0 Å². The number of carbonyl (C=O) groups is 1. The molecule has 3 nitrogen and oxygen atoms in total. The molecule has 0 amide bonds. The summed E-state index contributed by atoms with van der Waals surface area (Å²) < 4.78 is 0. The Kier molecular flexibility index (Phi) is 3.61. The fraction of sp³-hybridized carbons (Fsp3) is 0.950. The summed E-state index contributed by atoms with van der Waals surface area (Å²) in [6.45, 7) is 4.72. The van der Waals surface area contributed by atoms with E-state index >= 15 is 0 Å². The van der Waals surface area contributed by atoms with Gasteiger partial charge in [-0.3, -0.25) is 0 Å². The highest BCUT2D eigenvalue weighted by atomic mass is 16.4. The first-order chi connectivity index (χ1) is 10.9. The van der Waals surface area contributed by atoms with Crippen LogP contribution in [0.3, 0.4) is 0 Å². The molecule has 0 heterocycles. The van der Waals surface area contributed by atoms with E-state index in [0.717, 1.165) is 44.4 Å². The first kappa shape index (κ1) is 15.9. The molecule has 23 heavy (non-hydrogen) atoms. The Hall–Kier alpha value is -0.570. The van der Waals surface area contributed by atoms with Crippen LogP contribution in [0.1, 0.15) is 71.6 Å². The standard InChI is InChI=1S/C20H32O3/c1-19-9-7-13(21)11-12(19)3-4-14-15-5-6-17(18(22)23)20(15,2)10-8-16(14)19/h12-17,21H,3-11H2,1-2H3,(H,22,23)/p-1/t12-,13+,14-,15+,16-,17+,19+,20+/m0/s1. The van der Waals surface area contributed by atoms with Gasteiger partial charge in [0.15, 0.2) is 0 Å². The van der Waals surface area contributed by atoms with Crippen LogP contribution in [-0.4, -0.2) is 17.2 Å². The van der Waals surface area contributed by atoms with Crippen molar-refractivity contribution in [1.29, 1.82) is 0 Å². The summed E-state index contributed by atoms with van der Waals surface area (Å²) >= 11 is 0. The summed E-state index contributed by atoms with van der Waals surface area (Å²) in [5.41, 5.74) is 0.348. The Morgan fingerprint density at radius 1 is 0.957 bits per heavy atom. The number of aliphatic hydroxyl groups excluding tert-OH is 1. The van der Waals surface area contributed by atoms with Crippen molar-refractivity contribution in [2.75, 3.05) is 0 Å². The number of fused-ring (bicyclic) bond motifs is 5. The number of carboxylic acid groups (broad SMARTS) is 1. The summed E-state index contributed by atoms with van der Waals surface area (Å²) in [5, 5.41) is 21.7. The van der Waals surface area contributed by atoms with E-state index in [4.69, 9.17) is 0 Å². The number of hydrogen-bond donors (Lipinski definition) is 1. The zero-order valence-electron chi connectivity index (χ0n) is 14.6. The molecule has 4 saturated carbocycles. The van der Waals surface area contributed by atoms with Crippen LogP contribution in [0, 0.1) is 40.4 Å². The molecule has 0 saturated heterocycles. The second kappa shape index (κ2) is 5.21. The van der Waals surface area contributed by atoms with Gasteiger partial charge in [0.2, 0.25) is 0 Å². The highest BCUT2D eigenvalue weighted by Crippen LogP contribution is 2.67. The molecule has 4 rings (SSSR count). The highest BCUT2D eigenvalue weighted by Gasteiger charge is 2.60. The monoisotopic (exact) mass is 319 g/mol. The molecule has 0 aromatic rings. The fourth-order valence-electron chi connectivity index (χ4n) is 7.62. The number of hydrogen-bond acceptors (Lipinski definition) is 3. The van der Waals surface area contributed by atoms with Crippen LogP contribution < -0.4 is 5.11 Å². The Labute approximate surface area is 139 Å². The van der Waals surface area contributed by atoms with Crippen molar-refractivity contribution >= 4 is 5.97 Å². The number of carboxylic acids is 1. The molecule has 4 aliphatic rings. The molecule has 0 spiro atoms. The van der Waals surface area contributed by atoms with Crippen LogP contribution in [0.25, 0.3) is 0 Å². The summed E-state index contributed by atoms with van der Waals surface area (Å²) in [4.78, 5) is 11.6. The van der Waals surface area contributed by atoms with E-state index in [1.54, 1.807) is 0 Å². The van der Waals surface area contributed by atoms with Gasteiger partial charge in [0.05, 0.1) is 6.10 Å². The Morgan fingerprint density at radius 3 is 2.39 bits per heavy atom. The number of aliphatic hydroxyl groups is 1. The second-order valence-electron chi connectivity index (χ2n) is 9.58. The van der Waals surface area contributed by atoms with Crippen LogP contribution in [0.15, 0.2) is 0 Å². The lowest BCUT2D eigenvalue weighted by atomic mass is 9.44. The SMILES string of the molecule is C[C@@]12CC[C@H]3[C@@H](CC[C@H]4C[C@H](O)CC[C@]43C)[C@H]1CC[C@@H]2C(=O)[O-]. The first-order valence-corrected chi connectivity index (χ1v) is 9.75. The summed E-state index contributed by atoms with van der Waals surface area (Å²) in [5.74, 6) is 1.66. The average molecular weight is 319 g/mol. The van der Waals surface area contributed by atoms with Crippen LogP contribution in [0.2, 0.25) is 0 Å². The van der Waals surface area contributed by atoms with Crippen molar-refractivity contribution in [3.05, 3.63) is 0 Å². The molecule has 8 atom stereocenters. The van der Waals surface area contributed by atoms with Gasteiger partial charge in [-0.05, 0) is 92.3 Å². The minimum absolute atomic E-state index is 0.0304. The number of rotatable bonds is 1. The minimum Gasteiger partial charge on any atom is -0.550 e. The molecular formula is C20H31O3-. The lowest BCUT2D eigenvalue weighted by molar-refractivity contribution is -0.315. The molecule has 130 valence electrons. The summed E-state index contributed by atoms with van der Waals surface area (Å²) in [6, 6.07) is 0. The van der Waals surface area contributed by atoms with E-state index in [1.807, 2.05) is 0 Å². The van der Waals surface area contributed by atoms with Gasteiger partial charge in [-0.25, -0.2) is 0 Å². The van der Waals surface area contributed by atoms with E-state index in [1.165, 1.54) is 19.3 Å². The third kappa shape index (κ3) is 2.14. The summed E-state index contributed by atoms with van der Waals surface area (Å²) in [7, 11) is 0. The zero-order chi connectivity index (χ0) is 16.4. The maximum Gasteiger partial charge on any atom is 0.0543 e. The van der Waals surface area contributed by atoms with Crippen molar-refractivity contribution in [3.8, 4) is 0 Å².